The van der Waals surface area contributed by atoms with Crippen molar-refractivity contribution in [2.45, 2.75) is 20.0 Å². The van der Waals surface area contributed by atoms with Gasteiger partial charge >= 0.3 is 0 Å². The number of hydrogen-bond acceptors (Lipinski definition) is 5. The fraction of sp³-hybridized carbons (Fsp3) is 0.480. The standard InChI is InChI=1S/C25H37N5O2.HI/c1-4-26-25(27-13-18-32-24-11-9-23(31-3)10-12-24)28-19-21-5-7-22(8-6-21)20-30-16-14-29(2)15-17-30;/h5-12H,4,13-20H2,1-3H3,(H2,26,27,28);1H. The van der Waals surface area contributed by atoms with Crippen molar-refractivity contribution in [3.63, 3.8) is 0 Å². The van der Waals surface area contributed by atoms with E-state index in [9.17, 15) is 0 Å². The molecule has 1 heterocycles. The summed E-state index contributed by atoms with van der Waals surface area (Å²) >= 11 is 0. The highest BCUT2D eigenvalue weighted by atomic mass is 127. The Kier molecular flexibility index (Phi) is 12.3. The highest BCUT2D eigenvalue weighted by Gasteiger charge is 2.13. The van der Waals surface area contributed by atoms with Crippen molar-refractivity contribution >= 4 is 29.9 Å². The topological polar surface area (TPSA) is 61.4 Å². The molecule has 0 bridgehead atoms. The minimum Gasteiger partial charge on any atom is -0.497 e. The number of aliphatic imine (C=N–C) groups is 1. The maximum atomic E-state index is 5.77. The zero-order chi connectivity index (χ0) is 22.6. The van der Waals surface area contributed by atoms with Crippen LogP contribution in [0.5, 0.6) is 11.5 Å². The third kappa shape index (κ3) is 9.77. The number of hydrogen-bond donors (Lipinski definition) is 2. The zero-order valence-corrected chi connectivity index (χ0v) is 22.4. The van der Waals surface area contributed by atoms with Crippen LogP contribution in [0.15, 0.2) is 53.5 Å². The molecule has 182 valence electrons. The summed E-state index contributed by atoms with van der Waals surface area (Å²) in [5.41, 5.74) is 2.57. The fourth-order valence-corrected chi connectivity index (χ4v) is 3.54. The van der Waals surface area contributed by atoms with Gasteiger partial charge < -0.3 is 25.0 Å². The Balaban J connectivity index is 0.00000385. The van der Waals surface area contributed by atoms with Gasteiger partial charge in [-0.3, -0.25) is 4.90 Å². The lowest BCUT2D eigenvalue weighted by molar-refractivity contribution is 0.148. The molecule has 3 rings (SSSR count). The van der Waals surface area contributed by atoms with Gasteiger partial charge in [-0.2, -0.15) is 0 Å². The summed E-state index contributed by atoms with van der Waals surface area (Å²) in [5, 5.41) is 6.62. The number of ether oxygens (including phenoxy) is 2. The lowest BCUT2D eigenvalue weighted by Gasteiger charge is -2.32. The third-order valence-corrected chi connectivity index (χ3v) is 5.51. The molecule has 0 spiro atoms. The number of nitrogens with one attached hydrogen (secondary N) is 2. The number of likely N-dealkylation sites (N-methyl/N-ethyl adjacent to an activating group) is 1. The van der Waals surface area contributed by atoms with Crippen LogP contribution in [-0.4, -0.2) is 75.8 Å². The van der Waals surface area contributed by atoms with Gasteiger partial charge in [0, 0.05) is 39.3 Å². The Morgan fingerprint density at radius 1 is 0.909 bits per heavy atom. The van der Waals surface area contributed by atoms with Crippen LogP contribution in [0.1, 0.15) is 18.1 Å². The quantitative estimate of drug-likeness (QED) is 0.199. The van der Waals surface area contributed by atoms with Gasteiger partial charge in [-0.05, 0) is 49.4 Å². The molecule has 1 aliphatic rings. The third-order valence-electron chi connectivity index (χ3n) is 5.51. The predicted octanol–water partition coefficient (Wildman–Crippen LogP) is 3.19. The molecule has 1 fully saturated rings. The van der Waals surface area contributed by atoms with Gasteiger partial charge in [0.2, 0.25) is 0 Å². The summed E-state index contributed by atoms with van der Waals surface area (Å²) < 4.78 is 10.9. The molecule has 2 aromatic rings. The summed E-state index contributed by atoms with van der Waals surface area (Å²) in [7, 11) is 3.85. The lowest BCUT2D eigenvalue weighted by atomic mass is 10.1. The second-order valence-corrected chi connectivity index (χ2v) is 8.04. The molecule has 0 radical (unpaired) electrons. The second kappa shape index (κ2) is 15.0. The van der Waals surface area contributed by atoms with E-state index in [2.05, 4.69) is 58.7 Å². The number of nitrogens with zero attached hydrogens (tertiary/aromatic N) is 3. The van der Waals surface area contributed by atoms with E-state index in [-0.39, 0.29) is 24.0 Å². The first-order chi connectivity index (χ1) is 15.7. The first-order valence-corrected chi connectivity index (χ1v) is 11.4. The van der Waals surface area contributed by atoms with Crippen LogP contribution in [0, 0.1) is 0 Å². The van der Waals surface area contributed by atoms with Gasteiger partial charge in [0.05, 0.1) is 20.2 Å². The van der Waals surface area contributed by atoms with E-state index < -0.39 is 0 Å². The Morgan fingerprint density at radius 2 is 1.55 bits per heavy atom. The van der Waals surface area contributed by atoms with Crippen LogP contribution in [0.3, 0.4) is 0 Å². The molecule has 33 heavy (non-hydrogen) atoms. The van der Waals surface area contributed by atoms with Crippen LogP contribution in [0.4, 0.5) is 0 Å². The Morgan fingerprint density at radius 3 is 2.18 bits per heavy atom. The number of guanidine groups is 1. The summed E-state index contributed by atoms with van der Waals surface area (Å²) in [6, 6.07) is 16.4. The van der Waals surface area contributed by atoms with Gasteiger partial charge in [-0.1, -0.05) is 24.3 Å². The summed E-state index contributed by atoms with van der Waals surface area (Å²) in [5.74, 6) is 2.45. The van der Waals surface area contributed by atoms with Crippen molar-refractivity contribution in [1.29, 1.82) is 0 Å². The van der Waals surface area contributed by atoms with E-state index in [1.807, 2.05) is 24.3 Å². The molecule has 0 aliphatic carbocycles. The van der Waals surface area contributed by atoms with Crippen molar-refractivity contribution in [1.82, 2.24) is 20.4 Å². The minimum absolute atomic E-state index is 0. The van der Waals surface area contributed by atoms with E-state index in [1.165, 1.54) is 11.1 Å². The maximum Gasteiger partial charge on any atom is 0.191 e. The molecule has 0 unspecified atom stereocenters. The second-order valence-electron chi connectivity index (χ2n) is 8.04. The van der Waals surface area contributed by atoms with Crippen LogP contribution in [0.25, 0.3) is 0 Å². The normalized spacial score (nSPS) is 14.9. The number of halogens is 1. The minimum atomic E-state index is 0. The van der Waals surface area contributed by atoms with E-state index in [4.69, 9.17) is 14.5 Å². The maximum absolute atomic E-state index is 5.77. The van der Waals surface area contributed by atoms with Crippen LogP contribution >= 0.6 is 24.0 Å². The Bertz CT molecular complexity index is 822. The van der Waals surface area contributed by atoms with Gasteiger partial charge in [-0.15, -0.1) is 24.0 Å². The number of benzene rings is 2. The van der Waals surface area contributed by atoms with Crippen LogP contribution < -0.4 is 20.1 Å². The average molecular weight is 568 g/mol. The van der Waals surface area contributed by atoms with E-state index >= 15 is 0 Å². The van der Waals surface area contributed by atoms with E-state index in [1.54, 1.807) is 7.11 Å². The molecule has 8 heteroatoms. The Labute approximate surface area is 215 Å². The lowest BCUT2D eigenvalue weighted by Crippen LogP contribution is -2.43. The molecule has 2 aromatic carbocycles. The average Bonchev–Trinajstić information content (AvgIpc) is 2.83. The molecule has 0 aromatic heterocycles. The van der Waals surface area contributed by atoms with Crippen molar-refractivity contribution in [3.8, 4) is 11.5 Å². The van der Waals surface area contributed by atoms with Crippen molar-refractivity contribution < 1.29 is 9.47 Å². The highest BCUT2D eigenvalue weighted by Crippen LogP contribution is 2.16. The molecule has 0 saturated carbocycles. The molecular formula is C25H38IN5O2. The van der Waals surface area contributed by atoms with Gasteiger partial charge in [0.1, 0.15) is 18.1 Å². The smallest absolute Gasteiger partial charge is 0.191 e. The van der Waals surface area contributed by atoms with Crippen LogP contribution in [0.2, 0.25) is 0 Å². The highest BCUT2D eigenvalue weighted by molar-refractivity contribution is 14.0. The fourth-order valence-electron chi connectivity index (χ4n) is 3.54. The number of methoxy groups -OCH3 is 1. The summed E-state index contributed by atoms with van der Waals surface area (Å²) in [6.07, 6.45) is 0. The van der Waals surface area contributed by atoms with E-state index in [0.717, 1.165) is 56.7 Å². The molecule has 7 nitrogen and oxygen atoms in total. The molecule has 1 saturated heterocycles. The SMILES string of the molecule is CCNC(=NCc1ccc(CN2CCN(C)CC2)cc1)NCCOc1ccc(OC)cc1.I. The molecule has 2 N–H and O–H groups in total. The summed E-state index contributed by atoms with van der Waals surface area (Å²) in [6.45, 7) is 10.4. The van der Waals surface area contributed by atoms with Crippen molar-refractivity contribution in [2.75, 3.05) is 60.0 Å². The predicted molar refractivity (Wildman–Crippen MR) is 146 cm³/mol. The summed E-state index contributed by atoms with van der Waals surface area (Å²) in [4.78, 5) is 9.62. The van der Waals surface area contributed by atoms with E-state index in [0.29, 0.717) is 19.7 Å². The monoisotopic (exact) mass is 567 g/mol. The first kappa shape index (κ1) is 27.2. The molecule has 0 amide bonds. The van der Waals surface area contributed by atoms with Crippen LogP contribution in [-0.2, 0) is 13.1 Å². The van der Waals surface area contributed by atoms with Gasteiger partial charge in [0.15, 0.2) is 5.96 Å². The van der Waals surface area contributed by atoms with Gasteiger partial charge in [-0.25, -0.2) is 4.99 Å². The number of rotatable bonds is 10. The molecule has 0 atom stereocenters. The van der Waals surface area contributed by atoms with Gasteiger partial charge in [0.25, 0.3) is 0 Å². The molecule has 1 aliphatic heterocycles. The zero-order valence-electron chi connectivity index (χ0n) is 20.0. The van der Waals surface area contributed by atoms with Crippen molar-refractivity contribution in [3.05, 3.63) is 59.7 Å². The Hall–Kier alpha value is -2.04. The first-order valence-electron chi connectivity index (χ1n) is 11.4. The largest absolute Gasteiger partial charge is 0.497 e. The molecular weight excluding hydrogens is 529 g/mol. The number of piperazine rings is 1. The van der Waals surface area contributed by atoms with Crippen molar-refractivity contribution in [2.24, 2.45) is 4.99 Å².